The largest absolute Gasteiger partial charge is 0.244 e. The van der Waals surface area contributed by atoms with E-state index in [0.29, 0.717) is 5.92 Å². The van der Waals surface area contributed by atoms with E-state index in [1.165, 1.54) is 30.6 Å². The molecule has 3 heteroatoms. The number of aromatic nitrogens is 1. The van der Waals surface area contributed by atoms with Gasteiger partial charge < -0.3 is 0 Å². The van der Waals surface area contributed by atoms with Crippen LogP contribution in [0.25, 0.3) is 10.2 Å². The molecule has 1 fully saturated rings. The highest BCUT2D eigenvalue weighted by atomic mass is 32.1. The Labute approximate surface area is 106 Å². The van der Waals surface area contributed by atoms with Crippen molar-refractivity contribution < 1.29 is 4.39 Å². The summed E-state index contributed by atoms with van der Waals surface area (Å²) in [4.78, 5) is 4.38. The second-order valence-corrected chi connectivity index (χ2v) is 5.11. The first-order valence-electron chi connectivity index (χ1n) is 6.29. The van der Waals surface area contributed by atoms with Crippen molar-refractivity contribution in [3.05, 3.63) is 28.5 Å². The van der Waals surface area contributed by atoms with Gasteiger partial charge in [-0.2, -0.15) is 0 Å². The molecule has 17 heavy (non-hydrogen) atoms. The van der Waals surface area contributed by atoms with E-state index in [4.69, 9.17) is 0 Å². The summed E-state index contributed by atoms with van der Waals surface area (Å²) >= 11 is 1.53. The van der Waals surface area contributed by atoms with Gasteiger partial charge in [0.05, 0.1) is 15.7 Å². The molecule has 0 unspecified atom stereocenters. The predicted molar refractivity (Wildman–Crippen MR) is 72.3 cm³/mol. The minimum Gasteiger partial charge on any atom is -0.244 e. The van der Waals surface area contributed by atoms with Crippen LogP contribution in [0.2, 0.25) is 0 Å². The first kappa shape index (κ1) is 12.5. The summed E-state index contributed by atoms with van der Waals surface area (Å²) < 4.78 is 14.7. The van der Waals surface area contributed by atoms with E-state index >= 15 is 0 Å². The maximum Gasteiger partial charge on any atom is 0.127 e. The summed E-state index contributed by atoms with van der Waals surface area (Å²) in [6.07, 6.45) is 3.65. The van der Waals surface area contributed by atoms with Crippen LogP contribution in [0.4, 0.5) is 4.39 Å². The van der Waals surface area contributed by atoms with Gasteiger partial charge in [0.1, 0.15) is 5.82 Å². The van der Waals surface area contributed by atoms with Crippen LogP contribution in [0, 0.1) is 12.7 Å². The van der Waals surface area contributed by atoms with Crippen LogP contribution in [-0.4, -0.2) is 4.98 Å². The minimum absolute atomic E-state index is 0.0753. The lowest BCUT2D eigenvalue weighted by molar-refractivity contribution is 0.418. The smallest absolute Gasteiger partial charge is 0.127 e. The minimum atomic E-state index is -0.0753. The zero-order valence-electron chi connectivity index (χ0n) is 10.6. The van der Waals surface area contributed by atoms with Gasteiger partial charge in [-0.1, -0.05) is 20.3 Å². The molecule has 3 rings (SSSR count). The molecule has 0 bridgehead atoms. The van der Waals surface area contributed by atoms with E-state index in [1.807, 2.05) is 26.3 Å². The highest BCUT2D eigenvalue weighted by Gasteiger charge is 2.25. The second-order valence-electron chi connectivity index (χ2n) is 4.22. The van der Waals surface area contributed by atoms with Crippen LogP contribution in [0.3, 0.4) is 0 Å². The van der Waals surface area contributed by atoms with Crippen molar-refractivity contribution >= 4 is 21.6 Å². The lowest BCUT2D eigenvalue weighted by atomic mass is 9.78. The third kappa shape index (κ3) is 2.08. The van der Waals surface area contributed by atoms with Crippen molar-refractivity contribution in [2.75, 3.05) is 0 Å². The van der Waals surface area contributed by atoms with E-state index in [0.717, 1.165) is 21.3 Å². The highest BCUT2D eigenvalue weighted by Crippen LogP contribution is 2.42. The number of rotatable bonds is 1. The normalized spacial score (nSPS) is 15.3. The Morgan fingerprint density at radius 3 is 2.65 bits per heavy atom. The third-order valence-corrected chi connectivity index (χ3v) is 4.16. The Kier molecular flexibility index (Phi) is 3.77. The quantitative estimate of drug-likeness (QED) is 0.692. The van der Waals surface area contributed by atoms with Gasteiger partial charge in [-0.05, 0) is 42.9 Å². The first-order valence-corrected chi connectivity index (χ1v) is 7.17. The Hall–Kier alpha value is -0.960. The lowest BCUT2D eigenvalue weighted by Gasteiger charge is -2.27. The van der Waals surface area contributed by atoms with Crippen LogP contribution < -0.4 is 0 Å². The molecule has 0 spiro atoms. The van der Waals surface area contributed by atoms with Crippen molar-refractivity contribution in [3.63, 3.8) is 0 Å². The zero-order valence-corrected chi connectivity index (χ0v) is 11.4. The second kappa shape index (κ2) is 5.13. The number of hydrogen-bond acceptors (Lipinski definition) is 2. The Morgan fingerprint density at radius 1 is 1.35 bits per heavy atom. The molecule has 1 aliphatic carbocycles. The van der Waals surface area contributed by atoms with Crippen molar-refractivity contribution in [1.29, 1.82) is 0 Å². The summed E-state index contributed by atoms with van der Waals surface area (Å²) in [5.41, 5.74) is 4.81. The standard InChI is InChI=1S/C12H12FNS.C2H6/c1-7-9(13)5-10-12(14-6-15-10)11(7)8-3-2-4-8;1-2/h5-6,8H,2-4H2,1H3;1-2H3. The van der Waals surface area contributed by atoms with Gasteiger partial charge in [0.25, 0.3) is 0 Å². The fourth-order valence-corrected chi connectivity index (χ4v) is 3.00. The van der Waals surface area contributed by atoms with E-state index in [2.05, 4.69) is 4.98 Å². The molecule has 0 radical (unpaired) electrons. The van der Waals surface area contributed by atoms with Gasteiger partial charge in [0, 0.05) is 0 Å². The van der Waals surface area contributed by atoms with Gasteiger partial charge in [-0.25, -0.2) is 9.37 Å². The Balaban J connectivity index is 0.000000514. The lowest BCUT2D eigenvalue weighted by Crippen LogP contribution is -2.11. The molecule has 0 atom stereocenters. The van der Waals surface area contributed by atoms with E-state index in [-0.39, 0.29) is 5.82 Å². The molecule has 1 aromatic carbocycles. The molecule has 1 saturated carbocycles. The number of fused-ring (bicyclic) bond motifs is 1. The molecule has 1 aliphatic rings. The van der Waals surface area contributed by atoms with Gasteiger partial charge in [0.2, 0.25) is 0 Å². The predicted octanol–water partition coefficient (Wildman–Crippen LogP) is 5.04. The topological polar surface area (TPSA) is 12.9 Å². The fourth-order valence-electron chi connectivity index (χ4n) is 2.29. The molecule has 0 saturated heterocycles. The van der Waals surface area contributed by atoms with E-state index in [9.17, 15) is 4.39 Å². The molecular weight excluding hydrogens is 233 g/mol. The van der Waals surface area contributed by atoms with Gasteiger partial charge in [-0.15, -0.1) is 11.3 Å². The number of halogens is 1. The Bertz CT molecular complexity index is 514. The number of benzene rings is 1. The summed E-state index contributed by atoms with van der Waals surface area (Å²) in [7, 11) is 0. The molecule has 0 N–H and O–H groups in total. The van der Waals surface area contributed by atoms with E-state index < -0.39 is 0 Å². The highest BCUT2D eigenvalue weighted by molar-refractivity contribution is 7.16. The molecule has 0 aliphatic heterocycles. The van der Waals surface area contributed by atoms with Crippen molar-refractivity contribution in [2.45, 2.75) is 46.0 Å². The molecule has 1 heterocycles. The average Bonchev–Trinajstić information content (AvgIpc) is 2.72. The van der Waals surface area contributed by atoms with Crippen molar-refractivity contribution in [2.24, 2.45) is 0 Å². The van der Waals surface area contributed by atoms with Crippen LogP contribution >= 0.6 is 11.3 Å². The zero-order chi connectivity index (χ0) is 12.4. The maximum atomic E-state index is 13.7. The van der Waals surface area contributed by atoms with Crippen LogP contribution in [0.1, 0.15) is 50.2 Å². The summed E-state index contributed by atoms with van der Waals surface area (Å²) in [5.74, 6) is 0.471. The summed E-state index contributed by atoms with van der Waals surface area (Å²) in [6, 6.07) is 1.62. The Morgan fingerprint density at radius 2 is 2.06 bits per heavy atom. The van der Waals surface area contributed by atoms with Crippen LogP contribution in [-0.2, 0) is 0 Å². The molecular formula is C14H18FNS. The van der Waals surface area contributed by atoms with Crippen molar-refractivity contribution in [3.8, 4) is 0 Å². The molecule has 1 aromatic heterocycles. The number of nitrogens with zero attached hydrogens (tertiary/aromatic N) is 1. The number of thiazole rings is 1. The van der Waals surface area contributed by atoms with E-state index in [1.54, 1.807) is 6.07 Å². The van der Waals surface area contributed by atoms with Gasteiger partial charge in [-0.3, -0.25) is 0 Å². The molecule has 1 nitrogen and oxygen atoms in total. The molecule has 92 valence electrons. The first-order chi connectivity index (χ1) is 8.27. The fraction of sp³-hybridized carbons (Fsp3) is 0.500. The van der Waals surface area contributed by atoms with Crippen LogP contribution in [0.5, 0.6) is 0 Å². The summed E-state index contributed by atoms with van der Waals surface area (Å²) in [5, 5.41) is 0. The monoisotopic (exact) mass is 251 g/mol. The maximum absolute atomic E-state index is 13.7. The average molecular weight is 251 g/mol. The van der Waals surface area contributed by atoms with Gasteiger partial charge >= 0.3 is 0 Å². The SMILES string of the molecule is CC.Cc1c(F)cc2scnc2c1C1CCC1. The molecule has 0 amide bonds. The molecule has 2 aromatic rings. The number of hydrogen-bond donors (Lipinski definition) is 0. The summed E-state index contributed by atoms with van der Waals surface area (Å²) in [6.45, 7) is 5.88. The third-order valence-electron chi connectivity index (χ3n) is 3.38. The van der Waals surface area contributed by atoms with Crippen LogP contribution in [0.15, 0.2) is 11.6 Å². The van der Waals surface area contributed by atoms with Gasteiger partial charge in [0.15, 0.2) is 0 Å². The van der Waals surface area contributed by atoms with Crippen molar-refractivity contribution in [1.82, 2.24) is 4.98 Å².